The number of carbonyl (C=O) groups is 2. The molecule has 0 radical (unpaired) electrons. The Morgan fingerprint density at radius 2 is 1.92 bits per heavy atom. The molecule has 26 heavy (non-hydrogen) atoms. The van der Waals surface area contributed by atoms with Crippen molar-refractivity contribution in [2.24, 2.45) is 0 Å². The molecule has 0 spiro atoms. The summed E-state index contributed by atoms with van der Waals surface area (Å²) in [7, 11) is 0. The SMILES string of the molecule is CCC(=O)N1[C@H](CO)[C@@H]2c3ccccc3N(C(=O)c3ccncc3)C[C@@H]21. The molecule has 6 heteroatoms. The Kier molecular flexibility index (Phi) is 4.20. The highest BCUT2D eigenvalue weighted by atomic mass is 16.3. The number of aliphatic hydroxyl groups excluding tert-OH is 1. The number of rotatable bonds is 3. The number of amides is 2. The van der Waals surface area contributed by atoms with Gasteiger partial charge in [0.15, 0.2) is 0 Å². The highest BCUT2D eigenvalue weighted by Crippen LogP contribution is 2.48. The van der Waals surface area contributed by atoms with E-state index in [0.717, 1.165) is 11.3 Å². The van der Waals surface area contributed by atoms with Gasteiger partial charge in [-0.25, -0.2) is 0 Å². The number of aliphatic hydroxyl groups is 1. The molecule has 1 saturated heterocycles. The van der Waals surface area contributed by atoms with E-state index < -0.39 is 0 Å². The Balaban J connectivity index is 1.75. The van der Waals surface area contributed by atoms with Gasteiger partial charge in [0, 0.05) is 42.5 Å². The maximum atomic E-state index is 13.1. The fourth-order valence-corrected chi connectivity index (χ4v) is 4.26. The average Bonchev–Trinajstić information content (AvgIpc) is 2.68. The van der Waals surface area contributed by atoms with Crippen LogP contribution in [0.15, 0.2) is 48.8 Å². The number of benzene rings is 1. The predicted molar refractivity (Wildman–Crippen MR) is 96.9 cm³/mol. The molecule has 1 aromatic heterocycles. The summed E-state index contributed by atoms with van der Waals surface area (Å²) in [5, 5.41) is 9.84. The van der Waals surface area contributed by atoms with Crippen molar-refractivity contribution in [3.8, 4) is 0 Å². The minimum Gasteiger partial charge on any atom is -0.394 e. The van der Waals surface area contributed by atoms with E-state index in [2.05, 4.69) is 4.98 Å². The van der Waals surface area contributed by atoms with Gasteiger partial charge in [-0.15, -0.1) is 0 Å². The van der Waals surface area contributed by atoms with Gasteiger partial charge in [0.2, 0.25) is 5.91 Å². The van der Waals surface area contributed by atoms with Crippen LogP contribution in [0.1, 0.15) is 35.2 Å². The summed E-state index contributed by atoms with van der Waals surface area (Å²) >= 11 is 0. The van der Waals surface area contributed by atoms with Crippen molar-refractivity contribution in [3.63, 3.8) is 0 Å². The highest BCUT2D eigenvalue weighted by Gasteiger charge is 2.54. The van der Waals surface area contributed by atoms with E-state index in [4.69, 9.17) is 0 Å². The van der Waals surface area contributed by atoms with Gasteiger partial charge in [-0.2, -0.15) is 0 Å². The Morgan fingerprint density at radius 3 is 2.62 bits per heavy atom. The molecule has 3 atom stereocenters. The Hall–Kier alpha value is -2.73. The van der Waals surface area contributed by atoms with Gasteiger partial charge in [0.1, 0.15) is 0 Å². The first-order valence-electron chi connectivity index (χ1n) is 8.90. The van der Waals surface area contributed by atoms with Crippen molar-refractivity contribution in [1.82, 2.24) is 9.88 Å². The zero-order valence-corrected chi connectivity index (χ0v) is 14.6. The second-order valence-corrected chi connectivity index (χ2v) is 6.71. The average molecular weight is 351 g/mol. The monoisotopic (exact) mass is 351 g/mol. The summed E-state index contributed by atoms with van der Waals surface area (Å²) in [6.45, 7) is 2.19. The number of aromatic nitrogens is 1. The largest absolute Gasteiger partial charge is 0.394 e. The number of likely N-dealkylation sites (tertiary alicyclic amines) is 1. The summed E-state index contributed by atoms with van der Waals surface area (Å²) in [6.07, 6.45) is 3.59. The summed E-state index contributed by atoms with van der Waals surface area (Å²) in [5.41, 5.74) is 2.45. The molecule has 2 amide bonds. The molecule has 6 nitrogen and oxygen atoms in total. The number of hydrogen-bond acceptors (Lipinski definition) is 4. The number of hydrogen-bond donors (Lipinski definition) is 1. The number of anilines is 1. The van der Waals surface area contributed by atoms with Crippen LogP contribution in [0.25, 0.3) is 0 Å². The van der Waals surface area contributed by atoms with Gasteiger partial charge in [0.05, 0.1) is 18.7 Å². The standard InChI is InChI=1S/C20H21N3O3/c1-2-18(25)23-16-11-22(20(26)13-7-9-21-10-8-13)15-6-4-3-5-14(15)19(16)17(23)12-24/h3-10,16-17,19,24H,2,11-12H2,1H3/t16-,17+,19+/m0/s1. The molecule has 1 fully saturated rings. The lowest BCUT2D eigenvalue weighted by atomic mass is 9.71. The molecule has 3 heterocycles. The molecule has 1 aromatic carbocycles. The van der Waals surface area contributed by atoms with E-state index >= 15 is 0 Å². The van der Waals surface area contributed by atoms with Crippen molar-refractivity contribution in [3.05, 3.63) is 59.9 Å². The van der Waals surface area contributed by atoms with Crippen molar-refractivity contribution < 1.29 is 14.7 Å². The second-order valence-electron chi connectivity index (χ2n) is 6.71. The number of nitrogens with zero attached hydrogens (tertiary/aromatic N) is 3. The predicted octanol–water partition coefficient (Wildman–Crippen LogP) is 1.81. The van der Waals surface area contributed by atoms with E-state index in [1.165, 1.54) is 0 Å². The summed E-state index contributed by atoms with van der Waals surface area (Å²) in [4.78, 5) is 32.9. The van der Waals surface area contributed by atoms with Crippen LogP contribution in [0.3, 0.4) is 0 Å². The van der Waals surface area contributed by atoms with E-state index in [1.54, 1.807) is 34.3 Å². The molecule has 2 aromatic rings. The maximum absolute atomic E-state index is 13.1. The topological polar surface area (TPSA) is 73.7 Å². The summed E-state index contributed by atoms with van der Waals surface area (Å²) in [5.74, 6) is -0.0242. The summed E-state index contributed by atoms with van der Waals surface area (Å²) in [6, 6.07) is 10.9. The van der Waals surface area contributed by atoms with Crippen molar-refractivity contribution in [2.75, 3.05) is 18.1 Å². The van der Waals surface area contributed by atoms with Crippen LogP contribution >= 0.6 is 0 Å². The van der Waals surface area contributed by atoms with Crippen LogP contribution in [0.5, 0.6) is 0 Å². The first kappa shape index (κ1) is 16.7. The van der Waals surface area contributed by atoms with E-state index in [9.17, 15) is 14.7 Å². The number of pyridine rings is 1. The first-order valence-corrected chi connectivity index (χ1v) is 8.90. The summed E-state index contributed by atoms with van der Waals surface area (Å²) < 4.78 is 0. The highest BCUT2D eigenvalue weighted by molar-refractivity contribution is 6.07. The number of para-hydroxylation sites is 1. The van der Waals surface area contributed by atoms with Gasteiger partial charge in [0.25, 0.3) is 5.91 Å². The zero-order chi connectivity index (χ0) is 18.3. The molecule has 0 aliphatic carbocycles. The third-order valence-electron chi connectivity index (χ3n) is 5.45. The molecule has 0 bridgehead atoms. The Bertz CT molecular complexity index is 839. The molecular formula is C20H21N3O3. The molecule has 4 rings (SSSR count). The lowest BCUT2D eigenvalue weighted by Gasteiger charge is -2.59. The van der Waals surface area contributed by atoms with Crippen LogP contribution in [-0.4, -0.2) is 52.0 Å². The molecule has 2 aliphatic rings. The van der Waals surface area contributed by atoms with Crippen LogP contribution in [0.2, 0.25) is 0 Å². The zero-order valence-electron chi connectivity index (χ0n) is 14.6. The van der Waals surface area contributed by atoms with Crippen LogP contribution in [0.4, 0.5) is 5.69 Å². The Morgan fingerprint density at radius 1 is 1.19 bits per heavy atom. The Labute approximate surface area is 152 Å². The molecule has 0 saturated carbocycles. The first-order chi connectivity index (χ1) is 12.7. The van der Waals surface area contributed by atoms with Crippen LogP contribution in [-0.2, 0) is 4.79 Å². The fourth-order valence-electron chi connectivity index (χ4n) is 4.26. The smallest absolute Gasteiger partial charge is 0.258 e. The normalized spacial score (nSPS) is 23.7. The molecule has 2 aliphatic heterocycles. The van der Waals surface area contributed by atoms with E-state index in [-0.39, 0.29) is 36.4 Å². The van der Waals surface area contributed by atoms with Gasteiger partial charge in [-0.3, -0.25) is 14.6 Å². The minimum absolute atomic E-state index is 0.0148. The lowest BCUT2D eigenvalue weighted by Crippen LogP contribution is -2.70. The second kappa shape index (κ2) is 6.53. The third kappa shape index (κ3) is 2.41. The quantitative estimate of drug-likeness (QED) is 0.915. The van der Waals surface area contributed by atoms with Crippen LogP contribution in [0, 0.1) is 0 Å². The van der Waals surface area contributed by atoms with Crippen molar-refractivity contribution in [2.45, 2.75) is 31.3 Å². The van der Waals surface area contributed by atoms with E-state index in [0.29, 0.717) is 18.5 Å². The van der Waals surface area contributed by atoms with Gasteiger partial charge in [-0.05, 0) is 23.8 Å². The lowest BCUT2D eigenvalue weighted by molar-refractivity contribution is -0.149. The van der Waals surface area contributed by atoms with Crippen LogP contribution < -0.4 is 4.90 Å². The molecule has 1 N–H and O–H groups in total. The molecular weight excluding hydrogens is 330 g/mol. The van der Waals surface area contributed by atoms with E-state index in [1.807, 2.05) is 31.2 Å². The molecule has 134 valence electrons. The molecule has 0 unspecified atom stereocenters. The third-order valence-corrected chi connectivity index (χ3v) is 5.45. The number of fused-ring (bicyclic) bond motifs is 3. The minimum atomic E-state index is -0.216. The number of carbonyl (C=O) groups excluding carboxylic acids is 2. The fraction of sp³-hybridized carbons (Fsp3) is 0.350. The van der Waals surface area contributed by atoms with Gasteiger partial charge < -0.3 is 14.9 Å². The van der Waals surface area contributed by atoms with Gasteiger partial charge in [-0.1, -0.05) is 25.1 Å². The van der Waals surface area contributed by atoms with Crippen molar-refractivity contribution >= 4 is 17.5 Å². The van der Waals surface area contributed by atoms with Gasteiger partial charge >= 0.3 is 0 Å². The maximum Gasteiger partial charge on any atom is 0.258 e. The van der Waals surface area contributed by atoms with Crippen molar-refractivity contribution in [1.29, 1.82) is 0 Å².